The lowest BCUT2D eigenvalue weighted by atomic mass is 9.79. The maximum atomic E-state index is 12.4. The number of nitrogens with zero attached hydrogens (tertiary/aromatic N) is 1. The van der Waals surface area contributed by atoms with Gasteiger partial charge in [0.25, 0.3) is 0 Å². The molecular weight excluding hydrogens is 260 g/mol. The first-order chi connectivity index (χ1) is 9.74. The highest BCUT2D eigenvalue weighted by Crippen LogP contribution is 2.35. The summed E-state index contributed by atoms with van der Waals surface area (Å²) in [7, 11) is 0. The van der Waals surface area contributed by atoms with Crippen LogP contribution in [0.25, 0.3) is 6.08 Å². The number of hydroxylamine groups is 2. The lowest BCUT2D eigenvalue weighted by Gasteiger charge is -2.48. The summed E-state index contributed by atoms with van der Waals surface area (Å²) in [5.41, 5.74) is 1.91. The van der Waals surface area contributed by atoms with E-state index in [0.29, 0.717) is 6.04 Å². The first kappa shape index (κ1) is 16.2. The molecule has 1 radical (unpaired) electrons. The number of piperidine rings is 1. The van der Waals surface area contributed by atoms with E-state index in [1.165, 1.54) is 10.6 Å². The Balaban J connectivity index is 1.98. The molecule has 0 atom stereocenters. The number of quaternary nitrogens is 1. The summed E-state index contributed by atoms with van der Waals surface area (Å²) in [6.45, 7) is 13.0. The predicted molar refractivity (Wildman–Crippen MR) is 85.9 cm³/mol. The average Bonchev–Trinajstić information content (AvgIpc) is 2.42. The third-order valence-corrected chi connectivity index (χ3v) is 4.53. The van der Waals surface area contributed by atoms with E-state index in [0.717, 1.165) is 24.9 Å². The molecule has 0 amide bonds. The minimum Gasteiger partial charge on any atom is -0.340 e. The Hall–Kier alpha value is -1.16. The first-order valence-corrected chi connectivity index (χ1v) is 7.77. The standard InChI is InChI=1S/C18H27N2O/c1-6-14-7-9-15(10-8-14)13-19-16-11-17(2,3)20(21)18(4,5)12-16/h6-10,16,19H,1,11-13H2,2-5H3/p+1. The minimum absolute atomic E-state index is 0.282. The summed E-state index contributed by atoms with van der Waals surface area (Å²) in [6, 6.07) is 9.02. The van der Waals surface area contributed by atoms with Crippen LogP contribution in [-0.2, 0) is 11.8 Å². The molecule has 1 aromatic rings. The molecule has 0 aromatic heterocycles. The highest BCUT2D eigenvalue weighted by molar-refractivity contribution is 5.47. The van der Waals surface area contributed by atoms with Gasteiger partial charge in [-0.3, -0.25) is 0 Å². The van der Waals surface area contributed by atoms with Gasteiger partial charge in [0.05, 0.1) is 6.04 Å². The Morgan fingerprint density at radius 1 is 1.19 bits per heavy atom. The molecule has 2 N–H and O–H groups in total. The molecule has 0 spiro atoms. The fraction of sp³-hybridized carbons (Fsp3) is 0.556. The van der Waals surface area contributed by atoms with Crippen molar-refractivity contribution in [1.29, 1.82) is 0 Å². The maximum Gasteiger partial charge on any atom is 0.101 e. The molecule has 0 bridgehead atoms. The summed E-state index contributed by atoms with van der Waals surface area (Å²) in [5.74, 6) is 0. The molecule has 115 valence electrons. The average molecular weight is 288 g/mol. The molecule has 1 saturated heterocycles. The van der Waals surface area contributed by atoms with Gasteiger partial charge in [-0.05, 0) is 33.3 Å². The third kappa shape index (κ3) is 3.73. The summed E-state index contributed by atoms with van der Waals surface area (Å²) in [5, 5.41) is 16.0. The van der Waals surface area contributed by atoms with Gasteiger partial charge in [0.15, 0.2) is 0 Å². The minimum atomic E-state index is -0.282. The molecule has 3 heteroatoms. The van der Waals surface area contributed by atoms with Gasteiger partial charge in [0.1, 0.15) is 6.54 Å². The number of rotatable bonds is 4. The van der Waals surface area contributed by atoms with Crippen molar-refractivity contribution >= 4 is 6.08 Å². The van der Waals surface area contributed by atoms with E-state index in [4.69, 9.17) is 0 Å². The maximum absolute atomic E-state index is 12.4. The summed E-state index contributed by atoms with van der Waals surface area (Å²) in [6.07, 6.45) is 3.73. The van der Waals surface area contributed by atoms with Crippen LogP contribution in [0.15, 0.2) is 30.8 Å². The Kier molecular flexibility index (Phi) is 4.57. The highest BCUT2D eigenvalue weighted by atomic mass is 16.5. The van der Waals surface area contributed by atoms with E-state index < -0.39 is 0 Å². The Labute approximate surface area is 128 Å². The van der Waals surface area contributed by atoms with Crippen molar-refractivity contribution in [3.63, 3.8) is 0 Å². The number of nitrogens with two attached hydrogens (primary N) is 1. The van der Waals surface area contributed by atoms with Gasteiger partial charge >= 0.3 is 0 Å². The lowest BCUT2D eigenvalue weighted by molar-refractivity contribution is -0.712. The van der Waals surface area contributed by atoms with Crippen LogP contribution >= 0.6 is 0 Å². The lowest BCUT2D eigenvalue weighted by Crippen LogP contribution is -2.91. The van der Waals surface area contributed by atoms with Crippen molar-refractivity contribution in [1.82, 2.24) is 5.06 Å². The van der Waals surface area contributed by atoms with Crippen LogP contribution in [0.5, 0.6) is 0 Å². The molecule has 21 heavy (non-hydrogen) atoms. The van der Waals surface area contributed by atoms with Crippen LogP contribution < -0.4 is 5.32 Å². The zero-order valence-corrected chi connectivity index (χ0v) is 13.7. The zero-order chi connectivity index (χ0) is 15.7. The van der Waals surface area contributed by atoms with Crippen LogP contribution in [0.2, 0.25) is 0 Å². The van der Waals surface area contributed by atoms with Gasteiger partial charge in [0.2, 0.25) is 0 Å². The quantitative estimate of drug-likeness (QED) is 0.909. The largest absolute Gasteiger partial charge is 0.340 e. The van der Waals surface area contributed by atoms with Crippen LogP contribution in [0.4, 0.5) is 0 Å². The number of benzene rings is 1. The molecule has 1 aliphatic rings. The Morgan fingerprint density at radius 2 is 1.71 bits per heavy atom. The second-order valence-corrected chi connectivity index (χ2v) is 7.47. The van der Waals surface area contributed by atoms with Gasteiger partial charge in [-0.15, -0.1) is 10.3 Å². The summed E-state index contributed by atoms with van der Waals surface area (Å²) in [4.78, 5) is 0. The summed E-state index contributed by atoms with van der Waals surface area (Å²) < 4.78 is 0. The van der Waals surface area contributed by atoms with Crippen LogP contribution in [-0.4, -0.2) is 22.2 Å². The van der Waals surface area contributed by atoms with E-state index in [1.54, 1.807) is 0 Å². The molecule has 1 heterocycles. The molecular formula is C18H28N2O+. The van der Waals surface area contributed by atoms with Crippen LogP contribution in [0.3, 0.4) is 0 Å². The molecule has 2 rings (SSSR count). The fourth-order valence-electron chi connectivity index (χ4n) is 3.60. The second-order valence-electron chi connectivity index (χ2n) is 7.47. The number of hydrogen-bond acceptors (Lipinski definition) is 1. The smallest absolute Gasteiger partial charge is 0.101 e. The molecule has 0 unspecified atom stereocenters. The van der Waals surface area contributed by atoms with E-state index in [2.05, 4.69) is 63.9 Å². The van der Waals surface area contributed by atoms with Crippen LogP contribution in [0.1, 0.15) is 51.7 Å². The van der Waals surface area contributed by atoms with Gasteiger partial charge < -0.3 is 5.32 Å². The van der Waals surface area contributed by atoms with Gasteiger partial charge in [-0.2, -0.15) is 0 Å². The van der Waals surface area contributed by atoms with E-state index >= 15 is 0 Å². The molecule has 1 aromatic carbocycles. The SMILES string of the molecule is C=Cc1ccc(C[NH2+]C2CC(C)(C)N([O])C(C)(C)C2)cc1. The fourth-order valence-corrected chi connectivity index (χ4v) is 3.60. The number of hydrogen-bond donors (Lipinski definition) is 1. The molecule has 3 nitrogen and oxygen atoms in total. The van der Waals surface area contributed by atoms with Gasteiger partial charge in [-0.1, -0.05) is 36.9 Å². The first-order valence-electron chi connectivity index (χ1n) is 7.77. The van der Waals surface area contributed by atoms with E-state index in [9.17, 15) is 5.21 Å². The predicted octanol–water partition coefficient (Wildman–Crippen LogP) is 2.76. The van der Waals surface area contributed by atoms with Crippen molar-refractivity contribution in [3.05, 3.63) is 42.0 Å². The van der Waals surface area contributed by atoms with Crippen molar-refractivity contribution in [2.45, 2.75) is 64.2 Å². The van der Waals surface area contributed by atoms with Crippen molar-refractivity contribution in [2.24, 2.45) is 0 Å². The van der Waals surface area contributed by atoms with Crippen LogP contribution in [0, 0.1) is 0 Å². The van der Waals surface area contributed by atoms with E-state index in [1.807, 2.05) is 6.08 Å². The third-order valence-electron chi connectivity index (χ3n) is 4.53. The topological polar surface area (TPSA) is 39.8 Å². The highest BCUT2D eigenvalue weighted by Gasteiger charge is 2.47. The normalized spacial score (nSPS) is 22.1. The molecule has 0 saturated carbocycles. The summed E-state index contributed by atoms with van der Waals surface area (Å²) >= 11 is 0. The van der Waals surface area contributed by atoms with Crippen molar-refractivity contribution in [3.8, 4) is 0 Å². The molecule has 1 aliphatic heterocycles. The Morgan fingerprint density at radius 3 is 2.19 bits per heavy atom. The van der Waals surface area contributed by atoms with E-state index in [-0.39, 0.29) is 11.1 Å². The van der Waals surface area contributed by atoms with Crippen molar-refractivity contribution < 1.29 is 10.5 Å². The Bertz CT molecular complexity index is 472. The van der Waals surface area contributed by atoms with Gasteiger partial charge in [-0.25, -0.2) is 0 Å². The second kappa shape index (κ2) is 5.91. The monoisotopic (exact) mass is 288 g/mol. The zero-order valence-electron chi connectivity index (χ0n) is 13.7. The molecule has 0 aliphatic carbocycles. The molecule has 1 fully saturated rings. The van der Waals surface area contributed by atoms with Crippen molar-refractivity contribution in [2.75, 3.05) is 0 Å². The van der Waals surface area contributed by atoms with Gasteiger partial charge in [0, 0.05) is 29.5 Å².